The largest absolute Gasteiger partial charge is 0.467 e. The summed E-state index contributed by atoms with van der Waals surface area (Å²) in [6.45, 7) is 22.0. The fraction of sp³-hybridized carbons (Fsp3) is 0.850. The summed E-state index contributed by atoms with van der Waals surface area (Å²) < 4.78 is 24.4. The minimum absolute atomic E-state index is 0.0113. The molecule has 0 radical (unpaired) electrons. The van der Waals surface area contributed by atoms with Gasteiger partial charge in [0.2, 0.25) is 5.60 Å². The van der Waals surface area contributed by atoms with Crippen LogP contribution in [0.3, 0.4) is 0 Å². The number of hydrogen-bond acceptors (Lipinski definition) is 5. The van der Waals surface area contributed by atoms with Crippen LogP contribution in [0.5, 0.6) is 0 Å². The summed E-state index contributed by atoms with van der Waals surface area (Å²) >= 11 is 0. The molecule has 1 heterocycles. The number of methoxy groups -OCH3 is 1. The van der Waals surface area contributed by atoms with Crippen molar-refractivity contribution in [1.29, 1.82) is 0 Å². The maximum absolute atomic E-state index is 12.7. The Bertz CT molecular complexity index is 615. The number of carbonyl (C=O) groups excluding carboxylic acids is 1. The van der Waals surface area contributed by atoms with Gasteiger partial charge in [0.15, 0.2) is 16.6 Å². The number of carbonyl (C=O) groups is 1. The van der Waals surface area contributed by atoms with Gasteiger partial charge in [-0.15, -0.1) is 0 Å². The van der Waals surface area contributed by atoms with Crippen LogP contribution in [0.2, 0.25) is 36.3 Å². The zero-order chi connectivity index (χ0) is 21.1. The lowest BCUT2D eigenvalue weighted by Gasteiger charge is -2.46. The maximum atomic E-state index is 12.7. The Labute approximate surface area is 167 Å². The second kappa shape index (κ2) is 6.80. The van der Waals surface area contributed by atoms with E-state index >= 15 is 0 Å². The van der Waals surface area contributed by atoms with Gasteiger partial charge in [-0.05, 0) is 36.3 Å². The smallest absolute Gasteiger partial charge is 0.344 e. The molecule has 0 spiro atoms. The van der Waals surface area contributed by atoms with Crippen molar-refractivity contribution in [3.8, 4) is 0 Å². The maximum Gasteiger partial charge on any atom is 0.344 e. The summed E-state index contributed by atoms with van der Waals surface area (Å²) in [5.41, 5.74) is -1.08. The van der Waals surface area contributed by atoms with Crippen LogP contribution >= 0.6 is 0 Å². The molecule has 1 saturated heterocycles. The number of esters is 1. The Morgan fingerprint density at radius 3 is 1.85 bits per heavy atom. The average molecular weight is 415 g/mol. The van der Waals surface area contributed by atoms with Gasteiger partial charge in [-0.2, -0.15) is 0 Å². The van der Waals surface area contributed by atoms with Gasteiger partial charge in [0, 0.05) is 0 Å². The fourth-order valence-electron chi connectivity index (χ4n) is 2.85. The Balaban J connectivity index is 2.42. The molecule has 1 fully saturated rings. The van der Waals surface area contributed by atoms with Gasteiger partial charge in [0.05, 0.1) is 13.2 Å². The minimum atomic E-state index is -2.16. The Morgan fingerprint density at radius 1 is 0.926 bits per heavy atom. The first kappa shape index (κ1) is 22.8. The SMILES string of the molecule is COC(=O)[C@]12O[C@H]1C=C[C@@H](O[Si](C)(C)C(C)(C)C)[C@H]2O[Si](C)(C)C(C)(C)C. The number of hydrogen-bond donors (Lipinski definition) is 0. The van der Waals surface area contributed by atoms with Crippen molar-refractivity contribution in [3.63, 3.8) is 0 Å². The van der Waals surface area contributed by atoms with E-state index in [4.69, 9.17) is 18.3 Å². The van der Waals surface area contributed by atoms with E-state index in [0.717, 1.165) is 0 Å². The molecule has 0 aromatic heterocycles. The fourth-order valence-corrected chi connectivity index (χ4v) is 5.38. The van der Waals surface area contributed by atoms with E-state index in [1.54, 1.807) is 0 Å². The zero-order valence-corrected chi connectivity index (χ0v) is 20.9. The highest BCUT2D eigenvalue weighted by atomic mass is 28.4. The van der Waals surface area contributed by atoms with Gasteiger partial charge in [0.1, 0.15) is 12.2 Å². The van der Waals surface area contributed by atoms with Crippen molar-refractivity contribution in [2.75, 3.05) is 7.11 Å². The van der Waals surface area contributed by atoms with Crippen LogP contribution in [-0.4, -0.2) is 53.6 Å². The zero-order valence-electron chi connectivity index (χ0n) is 18.9. The molecule has 156 valence electrons. The Kier molecular flexibility index (Phi) is 5.74. The van der Waals surface area contributed by atoms with Gasteiger partial charge in [-0.3, -0.25) is 0 Å². The van der Waals surface area contributed by atoms with Gasteiger partial charge < -0.3 is 18.3 Å². The molecule has 0 bridgehead atoms. The average Bonchev–Trinajstić information content (AvgIpc) is 3.22. The predicted octanol–water partition coefficient (Wildman–Crippen LogP) is 4.65. The van der Waals surface area contributed by atoms with E-state index in [9.17, 15) is 4.79 Å². The van der Waals surface area contributed by atoms with Gasteiger partial charge in [-0.25, -0.2) is 4.79 Å². The molecule has 0 aromatic carbocycles. The molecular weight excluding hydrogens is 376 g/mol. The van der Waals surface area contributed by atoms with E-state index in [1.807, 2.05) is 12.2 Å². The van der Waals surface area contributed by atoms with E-state index in [0.29, 0.717) is 0 Å². The van der Waals surface area contributed by atoms with E-state index < -0.39 is 28.3 Å². The summed E-state index contributed by atoms with van der Waals surface area (Å²) in [6, 6.07) is 0. The van der Waals surface area contributed by atoms with Crippen LogP contribution in [0.25, 0.3) is 0 Å². The third kappa shape index (κ3) is 3.99. The molecule has 0 unspecified atom stereocenters. The van der Waals surface area contributed by atoms with Gasteiger partial charge in [-0.1, -0.05) is 53.7 Å². The monoisotopic (exact) mass is 414 g/mol. The molecule has 1 aliphatic heterocycles. The quantitative estimate of drug-likeness (QED) is 0.284. The summed E-state index contributed by atoms with van der Waals surface area (Å²) in [4.78, 5) is 12.7. The van der Waals surface area contributed by atoms with Crippen molar-refractivity contribution in [1.82, 2.24) is 0 Å². The van der Waals surface area contributed by atoms with E-state index in [-0.39, 0.29) is 28.3 Å². The number of epoxide rings is 1. The lowest BCUT2D eigenvalue weighted by molar-refractivity contribution is -0.153. The molecule has 0 saturated carbocycles. The topological polar surface area (TPSA) is 57.3 Å². The first-order valence-corrected chi connectivity index (χ1v) is 15.6. The number of rotatable bonds is 5. The highest BCUT2D eigenvalue weighted by Crippen LogP contribution is 2.51. The first-order chi connectivity index (χ1) is 12.0. The number of ether oxygens (including phenoxy) is 2. The van der Waals surface area contributed by atoms with Crippen molar-refractivity contribution < 1.29 is 23.1 Å². The van der Waals surface area contributed by atoms with Crippen LogP contribution in [0.15, 0.2) is 12.2 Å². The standard InChI is InChI=1S/C20H38O5Si2/c1-18(2,3)26(8,9)24-14-12-13-15-20(23-15,17(21)22-7)16(14)25-27(10,11)19(4,5)6/h12-16H,1-11H3/t14-,15+,16-,20+/m1/s1. The summed E-state index contributed by atoms with van der Waals surface area (Å²) in [5.74, 6) is -0.371. The molecule has 0 amide bonds. The third-order valence-corrected chi connectivity index (χ3v) is 15.8. The van der Waals surface area contributed by atoms with Crippen molar-refractivity contribution in [2.45, 2.75) is 102 Å². The number of fused-ring (bicyclic) bond motifs is 1. The molecule has 0 N–H and O–H groups in total. The van der Waals surface area contributed by atoms with E-state index in [1.165, 1.54) is 7.11 Å². The lowest BCUT2D eigenvalue weighted by atomic mass is 9.89. The summed E-state index contributed by atoms with van der Waals surface area (Å²) in [7, 11) is -2.83. The minimum Gasteiger partial charge on any atom is -0.467 e. The Morgan fingerprint density at radius 2 is 1.41 bits per heavy atom. The van der Waals surface area contributed by atoms with Crippen LogP contribution in [0.4, 0.5) is 0 Å². The first-order valence-electron chi connectivity index (χ1n) is 9.80. The van der Waals surface area contributed by atoms with Crippen LogP contribution in [0, 0.1) is 0 Å². The second-order valence-electron chi connectivity index (χ2n) is 10.8. The molecular formula is C20H38O5Si2. The van der Waals surface area contributed by atoms with Crippen molar-refractivity contribution in [2.24, 2.45) is 0 Å². The molecule has 2 aliphatic rings. The summed E-state index contributed by atoms with van der Waals surface area (Å²) in [6.07, 6.45) is 2.85. The molecule has 1 aliphatic carbocycles. The molecule has 5 nitrogen and oxygen atoms in total. The van der Waals surface area contributed by atoms with Crippen LogP contribution < -0.4 is 0 Å². The summed E-state index contributed by atoms with van der Waals surface area (Å²) in [5, 5.41) is 0.0689. The van der Waals surface area contributed by atoms with Crippen molar-refractivity contribution in [3.05, 3.63) is 12.2 Å². The highest BCUT2D eigenvalue weighted by molar-refractivity contribution is 6.74. The normalized spacial score (nSPS) is 31.4. The highest BCUT2D eigenvalue weighted by Gasteiger charge is 2.72. The van der Waals surface area contributed by atoms with Gasteiger partial charge >= 0.3 is 5.97 Å². The lowest BCUT2D eigenvalue weighted by Crippen LogP contribution is -2.59. The predicted molar refractivity (Wildman–Crippen MR) is 113 cm³/mol. The third-order valence-electron chi connectivity index (χ3n) is 6.85. The molecule has 0 aromatic rings. The molecule has 27 heavy (non-hydrogen) atoms. The molecule has 4 atom stereocenters. The molecule has 7 heteroatoms. The van der Waals surface area contributed by atoms with Crippen LogP contribution in [0.1, 0.15) is 41.5 Å². The molecule has 2 rings (SSSR count). The van der Waals surface area contributed by atoms with E-state index in [2.05, 4.69) is 67.7 Å². The van der Waals surface area contributed by atoms with Crippen LogP contribution in [-0.2, 0) is 23.1 Å². The van der Waals surface area contributed by atoms with Gasteiger partial charge in [0.25, 0.3) is 0 Å². The van der Waals surface area contributed by atoms with Crippen molar-refractivity contribution >= 4 is 22.6 Å². The Hall–Kier alpha value is -0.476. The second-order valence-corrected chi connectivity index (χ2v) is 20.4.